The molecule has 2 heterocycles. The normalized spacial score (nSPS) is 11.6. The number of carbonyl (C=O) groups is 1. The number of rotatable bonds is 4. The van der Waals surface area contributed by atoms with Crippen molar-refractivity contribution in [1.29, 1.82) is 0 Å². The van der Waals surface area contributed by atoms with E-state index in [2.05, 4.69) is 9.97 Å². The maximum Gasteiger partial charge on any atom is 0.196 e. The van der Waals surface area contributed by atoms with Crippen LogP contribution in [0.3, 0.4) is 0 Å². The number of thiophene rings is 1. The Morgan fingerprint density at radius 2 is 1.95 bits per heavy atom. The molecule has 0 unspecified atom stereocenters. The SMILES string of the molecule is O=C(/C(=C/c1ccsc1Cl)c1ncc[nH]1)c1ccc(Cl)cc1. The van der Waals surface area contributed by atoms with E-state index in [1.807, 2.05) is 11.4 Å². The van der Waals surface area contributed by atoms with E-state index >= 15 is 0 Å². The first-order chi connectivity index (χ1) is 10.6. The summed E-state index contributed by atoms with van der Waals surface area (Å²) in [5.41, 5.74) is 1.78. The Balaban J connectivity index is 2.06. The van der Waals surface area contributed by atoms with Crippen LogP contribution in [0.1, 0.15) is 21.7 Å². The lowest BCUT2D eigenvalue weighted by molar-refractivity contribution is 0.105. The summed E-state index contributed by atoms with van der Waals surface area (Å²) < 4.78 is 0.632. The average molecular weight is 349 g/mol. The van der Waals surface area contributed by atoms with Crippen LogP contribution in [-0.4, -0.2) is 15.8 Å². The highest BCUT2D eigenvalue weighted by atomic mass is 35.5. The largest absolute Gasteiger partial charge is 0.345 e. The van der Waals surface area contributed by atoms with Gasteiger partial charge in [0.25, 0.3) is 0 Å². The summed E-state index contributed by atoms with van der Waals surface area (Å²) in [6.45, 7) is 0. The molecule has 2 aromatic heterocycles. The van der Waals surface area contributed by atoms with Gasteiger partial charge in [-0.05, 0) is 41.8 Å². The minimum atomic E-state index is -0.145. The molecule has 0 aliphatic carbocycles. The smallest absolute Gasteiger partial charge is 0.196 e. The summed E-state index contributed by atoms with van der Waals surface area (Å²) in [6, 6.07) is 8.62. The molecular formula is C16H10Cl2N2OS. The van der Waals surface area contributed by atoms with Crippen LogP contribution in [0.2, 0.25) is 9.36 Å². The first kappa shape index (κ1) is 15.0. The Bertz CT molecular complexity index is 820. The first-order valence-electron chi connectivity index (χ1n) is 6.40. The predicted molar refractivity (Wildman–Crippen MR) is 91.6 cm³/mol. The van der Waals surface area contributed by atoms with Crippen LogP contribution in [0.25, 0.3) is 11.6 Å². The number of ketones is 1. The lowest BCUT2D eigenvalue weighted by atomic mass is 10.0. The van der Waals surface area contributed by atoms with Crippen LogP contribution >= 0.6 is 34.5 Å². The molecule has 3 nitrogen and oxygen atoms in total. The van der Waals surface area contributed by atoms with Gasteiger partial charge in [0.2, 0.25) is 0 Å². The number of hydrogen-bond donors (Lipinski definition) is 1. The number of allylic oxidation sites excluding steroid dienone is 1. The molecule has 0 amide bonds. The van der Waals surface area contributed by atoms with Gasteiger partial charge in [-0.1, -0.05) is 23.2 Å². The molecule has 0 saturated carbocycles. The van der Waals surface area contributed by atoms with E-state index in [1.54, 1.807) is 42.7 Å². The molecule has 1 aromatic carbocycles. The number of benzene rings is 1. The molecule has 0 atom stereocenters. The molecule has 0 radical (unpaired) electrons. The van der Waals surface area contributed by atoms with Gasteiger partial charge in [0.05, 0.1) is 5.57 Å². The molecule has 1 N–H and O–H groups in total. The van der Waals surface area contributed by atoms with Gasteiger partial charge in [-0.25, -0.2) is 4.98 Å². The van der Waals surface area contributed by atoms with Crippen molar-refractivity contribution in [2.75, 3.05) is 0 Å². The van der Waals surface area contributed by atoms with E-state index in [-0.39, 0.29) is 5.78 Å². The molecule has 0 bridgehead atoms. The Morgan fingerprint density at radius 3 is 2.55 bits per heavy atom. The van der Waals surface area contributed by atoms with Gasteiger partial charge in [0.15, 0.2) is 5.78 Å². The summed E-state index contributed by atoms with van der Waals surface area (Å²) in [7, 11) is 0. The van der Waals surface area contributed by atoms with E-state index in [0.717, 1.165) is 5.56 Å². The monoisotopic (exact) mass is 348 g/mol. The van der Waals surface area contributed by atoms with Gasteiger partial charge in [-0.3, -0.25) is 4.79 Å². The fourth-order valence-electron chi connectivity index (χ4n) is 1.97. The van der Waals surface area contributed by atoms with Crippen molar-refractivity contribution in [3.05, 3.63) is 74.4 Å². The van der Waals surface area contributed by atoms with Gasteiger partial charge in [-0.2, -0.15) is 0 Å². The number of nitrogens with zero attached hydrogens (tertiary/aromatic N) is 1. The fraction of sp³-hybridized carbons (Fsp3) is 0. The maximum atomic E-state index is 12.8. The molecule has 110 valence electrons. The summed E-state index contributed by atoms with van der Waals surface area (Å²) >= 11 is 13.4. The second-order valence-electron chi connectivity index (χ2n) is 4.48. The molecule has 22 heavy (non-hydrogen) atoms. The van der Waals surface area contributed by atoms with Crippen LogP contribution < -0.4 is 0 Å². The lowest BCUT2D eigenvalue weighted by Crippen LogP contribution is -2.04. The predicted octanol–water partition coefficient (Wildman–Crippen LogP) is 5.20. The molecule has 3 rings (SSSR count). The van der Waals surface area contributed by atoms with Gasteiger partial charge in [0.1, 0.15) is 10.2 Å². The number of Topliss-reactive ketones (excluding diaryl/α,β-unsaturated/α-hetero) is 1. The van der Waals surface area contributed by atoms with Crippen LogP contribution in [0.5, 0.6) is 0 Å². The zero-order chi connectivity index (χ0) is 15.5. The number of H-pyrrole nitrogens is 1. The average Bonchev–Trinajstić information content (AvgIpc) is 3.17. The number of carbonyl (C=O) groups excluding carboxylic acids is 1. The Kier molecular flexibility index (Phi) is 4.43. The molecule has 0 saturated heterocycles. The van der Waals surface area contributed by atoms with E-state index in [0.29, 0.717) is 26.3 Å². The standard InChI is InChI=1S/C16H10Cl2N2OS/c17-12-3-1-10(2-4-12)14(21)13(16-19-6-7-20-16)9-11-5-8-22-15(11)18/h1-9H,(H,19,20)/b13-9-. The first-order valence-corrected chi connectivity index (χ1v) is 8.03. The fourth-order valence-corrected chi connectivity index (χ4v) is 2.97. The summed E-state index contributed by atoms with van der Waals surface area (Å²) in [5, 5.41) is 2.46. The molecule has 0 spiro atoms. The second-order valence-corrected chi connectivity index (χ2v) is 6.44. The number of imidazole rings is 1. The second kappa shape index (κ2) is 6.48. The quantitative estimate of drug-likeness (QED) is 0.520. The lowest BCUT2D eigenvalue weighted by Gasteiger charge is -2.05. The minimum absolute atomic E-state index is 0.145. The van der Waals surface area contributed by atoms with Gasteiger partial charge in [0, 0.05) is 28.5 Å². The van der Waals surface area contributed by atoms with Crippen molar-refractivity contribution in [3.63, 3.8) is 0 Å². The van der Waals surface area contributed by atoms with Gasteiger partial charge >= 0.3 is 0 Å². The highest BCUT2D eigenvalue weighted by Crippen LogP contribution is 2.28. The van der Waals surface area contributed by atoms with Gasteiger partial charge < -0.3 is 4.98 Å². The summed E-state index contributed by atoms with van der Waals surface area (Å²) in [5.74, 6) is 0.358. The molecule has 0 aliphatic heterocycles. The minimum Gasteiger partial charge on any atom is -0.345 e. The highest BCUT2D eigenvalue weighted by molar-refractivity contribution is 7.14. The molecule has 3 aromatic rings. The van der Waals surface area contributed by atoms with Crippen molar-refractivity contribution in [2.45, 2.75) is 0 Å². The third-order valence-electron chi connectivity index (χ3n) is 3.05. The van der Waals surface area contributed by atoms with Crippen molar-refractivity contribution < 1.29 is 4.79 Å². The van der Waals surface area contributed by atoms with Gasteiger partial charge in [-0.15, -0.1) is 11.3 Å². The van der Waals surface area contributed by atoms with Crippen LogP contribution in [-0.2, 0) is 0 Å². The molecule has 0 aliphatic rings. The molecular weight excluding hydrogens is 339 g/mol. The highest BCUT2D eigenvalue weighted by Gasteiger charge is 2.17. The maximum absolute atomic E-state index is 12.8. The number of halogens is 2. The number of nitrogens with one attached hydrogen (secondary N) is 1. The van der Waals surface area contributed by atoms with E-state index in [1.165, 1.54) is 11.3 Å². The molecule has 0 fully saturated rings. The van der Waals surface area contributed by atoms with E-state index < -0.39 is 0 Å². The Hall–Kier alpha value is -1.88. The third kappa shape index (κ3) is 3.14. The zero-order valence-electron chi connectivity index (χ0n) is 11.2. The zero-order valence-corrected chi connectivity index (χ0v) is 13.5. The Morgan fingerprint density at radius 1 is 1.18 bits per heavy atom. The van der Waals surface area contributed by atoms with E-state index in [4.69, 9.17) is 23.2 Å². The van der Waals surface area contributed by atoms with Crippen molar-refractivity contribution in [1.82, 2.24) is 9.97 Å². The number of aromatic nitrogens is 2. The number of aromatic amines is 1. The van der Waals surface area contributed by atoms with E-state index in [9.17, 15) is 4.79 Å². The van der Waals surface area contributed by atoms with Crippen molar-refractivity contribution in [3.8, 4) is 0 Å². The van der Waals surface area contributed by atoms with Crippen molar-refractivity contribution in [2.24, 2.45) is 0 Å². The molecule has 6 heteroatoms. The Labute approximate surface area is 141 Å². The van der Waals surface area contributed by atoms with Crippen LogP contribution in [0, 0.1) is 0 Å². The number of hydrogen-bond acceptors (Lipinski definition) is 3. The summed E-state index contributed by atoms with van der Waals surface area (Å²) in [6.07, 6.45) is 5.02. The third-order valence-corrected chi connectivity index (χ3v) is 4.50. The summed E-state index contributed by atoms with van der Waals surface area (Å²) in [4.78, 5) is 19.9. The van der Waals surface area contributed by atoms with Crippen LogP contribution in [0.15, 0.2) is 48.1 Å². The topological polar surface area (TPSA) is 45.8 Å². The van der Waals surface area contributed by atoms with Crippen molar-refractivity contribution >= 4 is 52.0 Å². The van der Waals surface area contributed by atoms with Crippen LogP contribution in [0.4, 0.5) is 0 Å².